The second-order valence-electron chi connectivity index (χ2n) is 4.83. The number of aromatic carboxylic acids is 1. The second kappa shape index (κ2) is 5.80. The number of nitrogens with one attached hydrogen (secondary N) is 2. The maximum absolute atomic E-state index is 12.1. The van der Waals surface area contributed by atoms with Crippen molar-refractivity contribution in [1.82, 2.24) is 4.72 Å². The van der Waals surface area contributed by atoms with E-state index < -0.39 is 16.0 Å². The first-order chi connectivity index (χ1) is 9.44. The van der Waals surface area contributed by atoms with Crippen LogP contribution in [0.15, 0.2) is 23.1 Å². The van der Waals surface area contributed by atoms with Gasteiger partial charge in [-0.2, -0.15) is 0 Å². The summed E-state index contributed by atoms with van der Waals surface area (Å²) in [5.41, 5.74) is 0.404. The number of hydrogen-bond acceptors (Lipinski definition) is 4. The van der Waals surface area contributed by atoms with E-state index in [0.717, 1.165) is 19.3 Å². The van der Waals surface area contributed by atoms with Gasteiger partial charge in [-0.15, -0.1) is 0 Å². The average Bonchev–Trinajstić information content (AvgIpc) is 3.19. The van der Waals surface area contributed by atoms with Gasteiger partial charge in [-0.1, -0.05) is 6.92 Å². The second-order valence-corrected chi connectivity index (χ2v) is 6.55. The number of benzene rings is 1. The van der Waals surface area contributed by atoms with Gasteiger partial charge in [-0.05, 0) is 37.5 Å². The van der Waals surface area contributed by atoms with Gasteiger partial charge in [-0.25, -0.2) is 17.9 Å². The SMILES string of the molecule is CCCNc1ccc(S(=O)(=O)NC2CC2)cc1C(=O)O. The van der Waals surface area contributed by atoms with Crippen molar-refractivity contribution >= 4 is 21.7 Å². The minimum absolute atomic E-state index is 0.00818. The first-order valence-corrected chi connectivity index (χ1v) is 8.06. The van der Waals surface area contributed by atoms with E-state index in [0.29, 0.717) is 12.2 Å². The maximum atomic E-state index is 12.1. The lowest BCUT2D eigenvalue weighted by Gasteiger charge is -2.11. The van der Waals surface area contributed by atoms with Crippen LogP contribution < -0.4 is 10.0 Å². The third kappa shape index (κ3) is 3.49. The summed E-state index contributed by atoms with van der Waals surface area (Å²) in [6.07, 6.45) is 2.52. The van der Waals surface area contributed by atoms with Gasteiger partial charge in [0.15, 0.2) is 0 Å². The molecule has 0 saturated heterocycles. The number of anilines is 1. The van der Waals surface area contributed by atoms with Crippen molar-refractivity contribution in [1.29, 1.82) is 0 Å². The lowest BCUT2D eigenvalue weighted by Crippen LogP contribution is -2.26. The lowest BCUT2D eigenvalue weighted by atomic mass is 10.2. The fourth-order valence-corrected chi connectivity index (χ4v) is 3.10. The molecule has 0 radical (unpaired) electrons. The van der Waals surface area contributed by atoms with E-state index >= 15 is 0 Å². The quantitative estimate of drug-likeness (QED) is 0.711. The van der Waals surface area contributed by atoms with Crippen molar-refractivity contribution in [3.63, 3.8) is 0 Å². The summed E-state index contributed by atoms with van der Waals surface area (Å²) in [7, 11) is -3.63. The molecule has 110 valence electrons. The molecule has 0 amide bonds. The van der Waals surface area contributed by atoms with Gasteiger partial charge >= 0.3 is 5.97 Å². The third-order valence-electron chi connectivity index (χ3n) is 3.00. The van der Waals surface area contributed by atoms with Gasteiger partial charge in [0, 0.05) is 18.3 Å². The predicted molar refractivity (Wildman–Crippen MR) is 75.5 cm³/mol. The highest BCUT2D eigenvalue weighted by Crippen LogP contribution is 2.24. The highest BCUT2D eigenvalue weighted by atomic mass is 32.2. The number of hydrogen-bond donors (Lipinski definition) is 3. The zero-order valence-electron chi connectivity index (χ0n) is 11.2. The van der Waals surface area contributed by atoms with E-state index in [1.807, 2.05) is 6.92 Å². The molecular formula is C13H18N2O4S. The zero-order valence-corrected chi connectivity index (χ0v) is 12.0. The van der Waals surface area contributed by atoms with Gasteiger partial charge in [0.2, 0.25) is 10.0 Å². The molecule has 0 aliphatic heterocycles. The summed E-state index contributed by atoms with van der Waals surface area (Å²) in [5.74, 6) is -1.15. The first-order valence-electron chi connectivity index (χ1n) is 6.57. The molecule has 0 atom stereocenters. The van der Waals surface area contributed by atoms with E-state index in [2.05, 4.69) is 10.0 Å². The smallest absolute Gasteiger partial charge is 0.337 e. The van der Waals surface area contributed by atoms with Crippen LogP contribution in [0, 0.1) is 0 Å². The first kappa shape index (κ1) is 14.8. The van der Waals surface area contributed by atoms with Crippen LogP contribution in [0.5, 0.6) is 0 Å². The predicted octanol–water partition coefficient (Wildman–Crippen LogP) is 1.65. The number of sulfonamides is 1. The highest BCUT2D eigenvalue weighted by Gasteiger charge is 2.28. The van der Waals surface area contributed by atoms with Crippen LogP contribution >= 0.6 is 0 Å². The Morgan fingerprint density at radius 2 is 2.10 bits per heavy atom. The number of carbonyl (C=O) groups is 1. The van der Waals surface area contributed by atoms with Gasteiger partial charge in [-0.3, -0.25) is 0 Å². The monoisotopic (exact) mass is 298 g/mol. The standard InChI is InChI=1S/C13H18N2O4S/c1-2-7-14-12-6-5-10(8-11(12)13(16)17)20(18,19)15-9-3-4-9/h5-6,8-9,14-15H,2-4,7H2,1H3,(H,16,17). The van der Waals surface area contributed by atoms with Crippen LogP contribution in [0.25, 0.3) is 0 Å². The third-order valence-corrected chi connectivity index (χ3v) is 4.51. The molecule has 7 heteroatoms. The summed E-state index contributed by atoms with van der Waals surface area (Å²) in [5, 5.41) is 12.2. The maximum Gasteiger partial charge on any atom is 0.337 e. The summed E-state index contributed by atoms with van der Waals surface area (Å²) in [6, 6.07) is 4.12. The molecule has 0 bridgehead atoms. The summed E-state index contributed by atoms with van der Waals surface area (Å²) in [4.78, 5) is 11.2. The van der Waals surface area contributed by atoms with Gasteiger partial charge < -0.3 is 10.4 Å². The molecule has 3 N–H and O–H groups in total. The summed E-state index contributed by atoms with van der Waals surface area (Å²) >= 11 is 0. The normalized spacial score (nSPS) is 15.1. The van der Waals surface area contributed by atoms with Crippen molar-refractivity contribution in [2.75, 3.05) is 11.9 Å². The van der Waals surface area contributed by atoms with Crippen LogP contribution in [0.4, 0.5) is 5.69 Å². The molecule has 0 spiro atoms. The van der Waals surface area contributed by atoms with Crippen LogP contribution in [0.3, 0.4) is 0 Å². The van der Waals surface area contributed by atoms with Crippen LogP contribution in [-0.4, -0.2) is 32.1 Å². The Balaban J connectivity index is 2.31. The summed E-state index contributed by atoms with van der Waals surface area (Å²) < 4.78 is 26.7. The van der Waals surface area contributed by atoms with Crippen molar-refractivity contribution in [2.45, 2.75) is 37.1 Å². The number of carboxylic acid groups (broad SMARTS) is 1. The molecule has 1 aromatic carbocycles. The molecule has 1 aliphatic carbocycles. The molecule has 0 aromatic heterocycles. The Morgan fingerprint density at radius 3 is 2.65 bits per heavy atom. The molecule has 1 fully saturated rings. The van der Waals surface area contributed by atoms with Crippen LogP contribution in [0.1, 0.15) is 36.5 Å². The van der Waals surface area contributed by atoms with Gasteiger partial charge in [0.25, 0.3) is 0 Å². The molecule has 2 rings (SSSR count). The van der Waals surface area contributed by atoms with Crippen molar-refractivity contribution in [3.05, 3.63) is 23.8 Å². The number of carboxylic acids is 1. The average molecular weight is 298 g/mol. The molecule has 1 aliphatic rings. The van der Waals surface area contributed by atoms with Crippen LogP contribution in [0.2, 0.25) is 0 Å². The Bertz CT molecular complexity index is 609. The Morgan fingerprint density at radius 1 is 1.40 bits per heavy atom. The van der Waals surface area contributed by atoms with Gasteiger partial charge in [0.1, 0.15) is 0 Å². The van der Waals surface area contributed by atoms with Crippen molar-refractivity contribution < 1.29 is 18.3 Å². The Labute approximate surface area is 118 Å². The van der Waals surface area contributed by atoms with Gasteiger partial charge in [0.05, 0.1) is 10.5 Å². The molecule has 0 unspecified atom stereocenters. The molecule has 1 aromatic rings. The molecule has 20 heavy (non-hydrogen) atoms. The lowest BCUT2D eigenvalue weighted by molar-refractivity contribution is 0.0697. The minimum Gasteiger partial charge on any atom is -0.478 e. The van der Waals surface area contributed by atoms with E-state index in [9.17, 15) is 18.3 Å². The molecule has 1 saturated carbocycles. The van der Waals surface area contributed by atoms with Crippen LogP contribution in [-0.2, 0) is 10.0 Å². The van der Waals surface area contributed by atoms with Crippen molar-refractivity contribution in [2.24, 2.45) is 0 Å². The molecule has 6 nitrogen and oxygen atoms in total. The highest BCUT2D eigenvalue weighted by molar-refractivity contribution is 7.89. The van der Waals surface area contributed by atoms with E-state index in [1.54, 1.807) is 0 Å². The molecular weight excluding hydrogens is 280 g/mol. The zero-order chi connectivity index (χ0) is 14.8. The number of rotatable bonds is 7. The van der Waals surface area contributed by atoms with E-state index in [4.69, 9.17) is 0 Å². The fourth-order valence-electron chi connectivity index (χ4n) is 1.77. The summed E-state index contributed by atoms with van der Waals surface area (Å²) in [6.45, 7) is 2.60. The largest absolute Gasteiger partial charge is 0.478 e. The Hall–Kier alpha value is -1.60. The topological polar surface area (TPSA) is 95.5 Å². The Kier molecular flexibility index (Phi) is 4.29. The van der Waals surface area contributed by atoms with E-state index in [-0.39, 0.29) is 16.5 Å². The van der Waals surface area contributed by atoms with E-state index in [1.165, 1.54) is 18.2 Å². The molecule has 0 heterocycles. The van der Waals surface area contributed by atoms with Crippen molar-refractivity contribution in [3.8, 4) is 0 Å². The minimum atomic E-state index is -3.63. The fraction of sp³-hybridized carbons (Fsp3) is 0.462.